The molecule has 0 bridgehead atoms. The van der Waals surface area contributed by atoms with Crippen molar-refractivity contribution < 1.29 is 27.1 Å². The number of benzene rings is 2. The maximum absolute atomic E-state index is 12.9. The smallest absolute Gasteiger partial charge is 0.338 e. The quantitative estimate of drug-likeness (QED) is 0.583. The minimum absolute atomic E-state index is 0.0101. The number of esters is 1. The second-order valence-corrected chi connectivity index (χ2v) is 9.73. The lowest BCUT2D eigenvalue weighted by atomic mass is 10.1. The van der Waals surface area contributed by atoms with Crippen LogP contribution in [0.1, 0.15) is 35.2 Å². The topological polar surface area (TPSA) is 92.8 Å². The van der Waals surface area contributed by atoms with Gasteiger partial charge in [0.2, 0.25) is 10.0 Å². The number of sulfonamides is 1. The summed E-state index contributed by atoms with van der Waals surface area (Å²) in [5.41, 5.74) is 0.844. The molecule has 3 rings (SSSR count). The van der Waals surface area contributed by atoms with E-state index in [9.17, 15) is 22.4 Å². The molecular formula is C22H24ClFN2O5S. The highest BCUT2D eigenvalue weighted by molar-refractivity contribution is 7.89. The van der Waals surface area contributed by atoms with Crippen molar-refractivity contribution in [2.45, 2.75) is 30.6 Å². The van der Waals surface area contributed by atoms with Crippen molar-refractivity contribution in [1.82, 2.24) is 9.62 Å². The monoisotopic (exact) mass is 482 g/mol. The number of nitrogens with zero attached hydrogens (tertiary/aromatic N) is 1. The largest absolute Gasteiger partial charge is 0.452 e. The molecule has 0 saturated carbocycles. The number of hydrogen-bond donors (Lipinski definition) is 1. The van der Waals surface area contributed by atoms with Crippen molar-refractivity contribution in [3.05, 3.63) is 64.4 Å². The number of carbonyl (C=O) groups is 2. The zero-order valence-corrected chi connectivity index (χ0v) is 18.9. The average molecular weight is 483 g/mol. The molecule has 0 radical (unpaired) electrons. The molecule has 1 saturated heterocycles. The van der Waals surface area contributed by atoms with Crippen LogP contribution >= 0.6 is 11.6 Å². The summed E-state index contributed by atoms with van der Waals surface area (Å²) in [6, 6.07) is 9.79. The van der Waals surface area contributed by atoms with Gasteiger partial charge in [0.05, 0.1) is 10.6 Å². The van der Waals surface area contributed by atoms with Crippen molar-refractivity contribution in [2.75, 3.05) is 26.2 Å². The van der Waals surface area contributed by atoms with Gasteiger partial charge in [0, 0.05) is 19.6 Å². The Morgan fingerprint density at radius 1 is 1.06 bits per heavy atom. The highest BCUT2D eigenvalue weighted by Gasteiger charge is 2.29. The lowest BCUT2D eigenvalue weighted by Crippen LogP contribution is -2.35. The molecular weight excluding hydrogens is 459 g/mol. The first kappa shape index (κ1) is 24.2. The third-order valence-corrected chi connectivity index (χ3v) is 7.46. The molecule has 0 aliphatic carbocycles. The van der Waals surface area contributed by atoms with Crippen LogP contribution in [0, 0.1) is 5.82 Å². The molecule has 2 aromatic rings. The lowest BCUT2D eigenvalue weighted by Gasteiger charge is -2.26. The Bertz CT molecular complexity index is 1070. The van der Waals surface area contributed by atoms with Gasteiger partial charge in [-0.2, -0.15) is 4.31 Å². The Hall–Kier alpha value is -2.49. The summed E-state index contributed by atoms with van der Waals surface area (Å²) < 4.78 is 45.1. The fourth-order valence-electron chi connectivity index (χ4n) is 3.34. The van der Waals surface area contributed by atoms with Crippen molar-refractivity contribution in [2.24, 2.45) is 0 Å². The third-order valence-electron chi connectivity index (χ3n) is 5.08. The summed E-state index contributed by atoms with van der Waals surface area (Å²) >= 11 is 6.11. The molecule has 10 heteroatoms. The number of hydrogen-bond acceptors (Lipinski definition) is 5. The van der Waals surface area contributed by atoms with Gasteiger partial charge >= 0.3 is 5.97 Å². The van der Waals surface area contributed by atoms with E-state index in [0.29, 0.717) is 26.1 Å². The van der Waals surface area contributed by atoms with Gasteiger partial charge in [-0.05, 0) is 55.2 Å². The highest BCUT2D eigenvalue weighted by Crippen LogP contribution is 2.28. The van der Waals surface area contributed by atoms with Crippen molar-refractivity contribution >= 4 is 33.5 Å². The van der Waals surface area contributed by atoms with Crippen LogP contribution in [-0.2, 0) is 26.0 Å². The van der Waals surface area contributed by atoms with E-state index < -0.39 is 28.5 Å². The Morgan fingerprint density at radius 2 is 1.75 bits per heavy atom. The number of halogens is 2. The summed E-state index contributed by atoms with van der Waals surface area (Å²) in [4.78, 5) is 24.1. The van der Waals surface area contributed by atoms with E-state index in [4.69, 9.17) is 16.3 Å². The first-order valence-corrected chi connectivity index (χ1v) is 12.1. The zero-order chi connectivity index (χ0) is 23.1. The predicted octanol–water partition coefficient (Wildman–Crippen LogP) is 3.17. The minimum Gasteiger partial charge on any atom is -0.452 e. The highest BCUT2D eigenvalue weighted by atomic mass is 35.5. The van der Waals surface area contributed by atoms with Crippen LogP contribution in [0.4, 0.5) is 4.39 Å². The molecule has 1 N–H and O–H groups in total. The number of ether oxygens (including phenoxy) is 1. The summed E-state index contributed by atoms with van der Waals surface area (Å²) in [5.74, 6) is -1.67. The maximum Gasteiger partial charge on any atom is 0.338 e. The second-order valence-electron chi connectivity index (χ2n) is 7.41. The molecule has 1 aliphatic heterocycles. The van der Waals surface area contributed by atoms with Crippen molar-refractivity contribution in [3.8, 4) is 0 Å². The van der Waals surface area contributed by atoms with E-state index in [0.717, 1.165) is 24.8 Å². The molecule has 1 amide bonds. The van der Waals surface area contributed by atoms with Gasteiger partial charge in [-0.15, -0.1) is 0 Å². The van der Waals surface area contributed by atoms with Crippen molar-refractivity contribution in [1.29, 1.82) is 0 Å². The van der Waals surface area contributed by atoms with Crippen LogP contribution in [0.2, 0.25) is 5.02 Å². The molecule has 0 atom stereocenters. The van der Waals surface area contributed by atoms with Gasteiger partial charge < -0.3 is 10.1 Å². The number of carbonyl (C=O) groups excluding carboxylic acids is 2. The van der Waals surface area contributed by atoms with Crippen LogP contribution in [0.5, 0.6) is 0 Å². The van der Waals surface area contributed by atoms with E-state index in [1.807, 2.05) is 0 Å². The molecule has 1 heterocycles. The molecule has 0 aromatic heterocycles. The van der Waals surface area contributed by atoms with Gasteiger partial charge in [-0.3, -0.25) is 4.79 Å². The summed E-state index contributed by atoms with van der Waals surface area (Å²) in [6.45, 7) is 0.594. The Morgan fingerprint density at radius 3 is 2.44 bits per heavy atom. The van der Waals surface area contributed by atoms with Gasteiger partial charge in [-0.1, -0.05) is 30.2 Å². The zero-order valence-electron chi connectivity index (χ0n) is 17.4. The molecule has 32 heavy (non-hydrogen) atoms. The van der Waals surface area contributed by atoms with Gasteiger partial charge in [-0.25, -0.2) is 17.6 Å². The summed E-state index contributed by atoms with van der Waals surface area (Å²) in [6.07, 6.45) is 3.01. The summed E-state index contributed by atoms with van der Waals surface area (Å²) in [5, 5.41) is 2.63. The van der Waals surface area contributed by atoms with Crippen LogP contribution in [0.15, 0.2) is 47.4 Å². The molecule has 7 nitrogen and oxygen atoms in total. The number of piperidine rings is 1. The normalized spacial score (nSPS) is 14.7. The molecule has 0 unspecified atom stereocenters. The number of amides is 1. The maximum atomic E-state index is 12.9. The fraction of sp³-hybridized carbons (Fsp3) is 0.364. The van der Waals surface area contributed by atoms with Crippen LogP contribution in [0.25, 0.3) is 0 Å². The SMILES string of the molecule is O=C(COC(=O)c1ccc(Cl)c(S(=O)(=O)N2CCCCC2)c1)NCCc1ccc(F)cc1. The third kappa shape index (κ3) is 6.27. The predicted molar refractivity (Wildman–Crippen MR) is 117 cm³/mol. The van der Waals surface area contributed by atoms with E-state index in [1.165, 1.54) is 34.6 Å². The van der Waals surface area contributed by atoms with E-state index in [-0.39, 0.29) is 21.3 Å². The molecule has 1 aliphatic rings. The first-order valence-electron chi connectivity index (χ1n) is 10.3. The van der Waals surface area contributed by atoms with Gasteiger partial charge in [0.15, 0.2) is 6.61 Å². The van der Waals surface area contributed by atoms with Crippen LogP contribution in [-0.4, -0.2) is 50.8 Å². The summed E-state index contributed by atoms with van der Waals surface area (Å²) in [7, 11) is -3.83. The van der Waals surface area contributed by atoms with E-state index >= 15 is 0 Å². The Balaban J connectivity index is 1.55. The van der Waals surface area contributed by atoms with Gasteiger partial charge in [0.25, 0.3) is 5.91 Å². The number of nitrogens with one attached hydrogen (secondary N) is 1. The van der Waals surface area contributed by atoms with Crippen LogP contribution < -0.4 is 5.32 Å². The van der Waals surface area contributed by atoms with Crippen molar-refractivity contribution in [3.63, 3.8) is 0 Å². The first-order chi connectivity index (χ1) is 15.3. The standard InChI is InChI=1S/C22H24ClFN2O5S/c23-19-9-6-17(14-20(19)32(29,30)26-12-2-1-3-13-26)22(28)31-15-21(27)25-11-10-16-4-7-18(24)8-5-16/h4-9,14H,1-3,10-13,15H2,(H,25,27). The lowest BCUT2D eigenvalue weighted by molar-refractivity contribution is -0.124. The fourth-order valence-corrected chi connectivity index (χ4v) is 5.35. The Labute approximate surface area is 191 Å². The van der Waals surface area contributed by atoms with Gasteiger partial charge in [0.1, 0.15) is 10.7 Å². The van der Waals surface area contributed by atoms with E-state index in [1.54, 1.807) is 12.1 Å². The second kappa shape index (κ2) is 10.9. The Kier molecular flexibility index (Phi) is 8.22. The number of rotatable bonds is 8. The minimum atomic E-state index is -3.83. The molecule has 1 fully saturated rings. The van der Waals surface area contributed by atoms with Crippen LogP contribution in [0.3, 0.4) is 0 Å². The molecule has 0 spiro atoms. The molecule has 2 aromatic carbocycles. The average Bonchev–Trinajstić information content (AvgIpc) is 2.79. The van der Waals surface area contributed by atoms with E-state index in [2.05, 4.69) is 5.32 Å². The molecule has 172 valence electrons.